The largest absolute Gasteiger partial charge is 0.454 e. The molecule has 0 amide bonds. The number of aromatic nitrogens is 2. The number of nitrogens with zero attached hydrogens (tertiary/aromatic N) is 2. The van der Waals surface area contributed by atoms with E-state index in [0.29, 0.717) is 11.2 Å². The summed E-state index contributed by atoms with van der Waals surface area (Å²) in [6.07, 6.45) is 3.56. The van der Waals surface area contributed by atoms with Gasteiger partial charge in [0.15, 0.2) is 5.58 Å². The Balaban J connectivity index is 2.15. The molecule has 2 heterocycles. The molecule has 0 saturated heterocycles. The topological polar surface area (TPSA) is 31.0 Å². The fraction of sp³-hybridized carbons (Fsp3) is 0. The molecular formula is C15H9FN2O. The molecule has 19 heavy (non-hydrogen) atoms. The van der Waals surface area contributed by atoms with Gasteiger partial charge < -0.3 is 4.42 Å². The molecule has 4 rings (SSSR count). The number of rotatable bonds is 1. The maximum absolute atomic E-state index is 13.4. The molecule has 0 fully saturated rings. The van der Waals surface area contributed by atoms with Crippen LogP contribution >= 0.6 is 0 Å². The Bertz CT molecular complexity index is 878. The molecule has 92 valence electrons. The summed E-state index contributed by atoms with van der Waals surface area (Å²) < 4.78 is 20.9. The van der Waals surface area contributed by atoms with Crippen molar-refractivity contribution < 1.29 is 8.81 Å². The zero-order valence-electron chi connectivity index (χ0n) is 9.88. The van der Waals surface area contributed by atoms with Crippen LogP contribution in [0.4, 0.5) is 4.39 Å². The van der Waals surface area contributed by atoms with E-state index < -0.39 is 0 Å². The third-order valence-corrected chi connectivity index (χ3v) is 3.19. The van der Waals surface area contributed by atoms with Crippen LogP contribution in [0.5, 0.6) is 0 Å². The molecule has 4 aromatic rings. The lowest BCUT2D eigenvalue weighted by molar-refractivity contribution is 0.625. The summed E-state index contributed by atoms with van der Waals surface area (Å²) in [6.45, 7) is 0. The van der Waals surface area contributed by atoms with E-state index in [-0.39, 0.29) is 5.82 Å². The molecule has 2 aromatic heterocycles. The zero-order chi connectivity index (χ0) is 12.8. The second kappa shape index (κ2) is 3.68. The minimum atomic E-state index is -0.264. The van der Waals surface area contributed by atoms with Crippen molar-refractivity contribution in [2.45, 2.75) is 0 Å². The van der Waals surface area contributed by atoms with Crippen LogP contribution in [-0.2, 0) is 0 Å². The van der Waals surface area contributed by atoms with E-state index in [4.69, 9.17) is 4.42 Å². The monoisotopic (exact) mass is 252 g/mol. The second-order valence-electron chi connectivity index (χ2n) is 4.35. The van der Waals surface area contributed by atoms with E-state index >= 15 is 0 Å². The summed E-state index contributed by atoms with van der Waals surface area (Å²) in [5.74, 6) is -0.264. The summed E-state index contributed by atoms with van der Waals surface area (Å²) in [5, 5.41) is 5.88. The van der Waals surface area contributed by atoms with E-state index in [0.717, 1.165) is 16.5 Å². The van der Waals surface area contributed by atoms with Gasteiger partial charge in [-0.25, -0.2) is 9.07 Å². The number of hydrogen-bond donors (Lipinski definition) is 0. The molecule has 0 aliphatic heterocycles. The minimum Gasteiger partial charge on any atom is -0.454 e. The van der Waals surface area contributed by atoms with Crippen LogP contribution in [0.3, 0.4) is 0 Å². The Kier molecular flexibility index (Phi) is 2.00. The fourth-order valence-corrected chi connectivity index (χ4v) is 2.35. The van der Waals surface area contributed by atoms with Gasteiger partial charge in [-0.2, -0.15) is 5.10 Å². The van der Waals surface area contributed by atoms with Gasteiger partial charge in [0.1, 0.15) is 17.1 Å². The van der Waals surface area contributed by atoms with Crippen LogP contribution in [0.25, 0.3) is 27.6 Å². The van der Waals surface area contributed by atoms with Gasteiger partial charge in [0.05, 0.1) is 0 Å². The summed E-state index contributed by atoms with van der Waals surface area (Å²) in [5.41, 5.74) is 2.24. The van der Waals surface area contributed by atoms with Gasteiger partial charge in [0.25, 0.3) is 0 Å². The van der Waals surface area contributed by atoms with Gasteiger partial charge in [0, 0.05) is 23.2 Å². The van der Waals surface area contributed by atoms with Gasteiger partial charge in [-0.1, -0.05) is 12.1 Å². The summed E-state index contributed by atoms with van der Waals surface area (Å²) >= 11 is 0. The van der Waals surface area contributed by atoms with Gasteiger partial charge in [-0.3, -0.25) is 0 Å². The van der Waals surface area contributed by atoms with Gasteiger partial charge in [0.2, 0.25) is 0 Å². The highest BCUT2D eigenvalue weighted by Gasteiger charge is 2.12. The molecule has 2 aromatic carbocycles. The van der Waals surface area contributed by atoms with E-state index in [1.807, 2.05) is 30.5 Å². The number of benzene rings is 2. The Morgan fingerprint density at radius 1 is 1.05 bits per heavy atom. The van der Waals surface area contributed by atoms with Crippen LogP contribution in [0, 0.1) is 5.82 Å². The van der Waals surface area contributed by atoms with Crippen molar-refractivity contribution in [3.05, 3.63) is 60.7 Å². The minimum absolute atomic E-state index is 0.264. The van der Waals surface area contributed by atoms with Gasteiger partial charge >= 0.3 is 0 Å². The Morgan fingerprint density at radius 2 is 2.00 bits per heavy atom. The summed E-state index contributed by atoms with van der Waals surface area (Å²) in [4.78, 5) is 0. The Hall–Kier alpha value is -2.62. The number of para-hydroxylation sites is 1. The number of furan rings is 1. The Morgan fingerprint density at radius 3 is 2.84 bits per heavy atom. The zero-order valence-corrected chi connectivity index (χ0v) is 9.88. The predicted molar refractivity (Wildman–Crippen MR) is 70.8 cm³/mol. The molecular weight excluding hydrogens is 243 g/mol. The van der Waals surface area contributed by atoms with Crippen molar-refractivity contribution in [3.63, 3.8) is 0 Å². The molecule has 0 aliphatic rings. The van der Waals surface area contributed by atoms with Crippen molar-refractivity contribution >= 4 is 21.9 Å². The summed E-state index contributed by atoms with van der Waals surface area (Å²) in [6, 6.07) is 12.2. The lowest BCUT2D eigenvalue weighted by Gasteiger charge is -2.01. The van der Waals surface area contributed by atoms with Crippen molar-refractivity contribution in [3.8, 4) is 5.69 Å². The first-order chi connectivity index (χ1) is 9.33. The third kappa shape index (κ3) is 1.46. The normalized spacial score (nSPS) is 11.4. The molecule has 4 heteroatoms. The van der Waals surface area contributed by atoms with Gasteiger partial charge in [-0.15, -0.1) is 0 Å². The highest BCUT2D eigenvalue weighted by atomic mass is 19.1. The van der Waals surface area contributed by atoms with Crippen LogP contribution in [0.1, 0.15) is 0 Å². The van der Waals surface area contributed by atoms with Gasteiger partial charge in [-0.05, 0) is 30.3 Å². The van der Waals surface area contributed by atoms with Crippen LogP contribution in [-0.4, -0.2) is 9.78 Å². The average molecular weight is 252 g/mol. The SMILES string of the molecule is Fc1ccc2oc3c(-n4cccn4)cccc3c2c1. The van der Waals surface area contributed by atoms with Crippen LogP contribution < -0.4 is 0 Å². The van der Waals surface area contributed by atoms with E-state index in [1.165, 1.54) is 12.1 Å². The number of hydrogen-bond acceptors (Lipinski definition) is 2. The standard InChI is InChI=1S/C15H9FN2O/c16-10-5-6-14-12(9-10)11-3-1-4-13(15(11)19-14)18-8-2-7-17-18/h1-9H. The molecule has 0 radical (unpaired) electrons. The van der Waals surface area contributed by atoms with Crippen molar-refractivity contribution in [1.82, 2.24) is 9.78 Å². The molecule has 3 nitrogen and oxygen atoms in total. The van der Waals surface area contributed by atoms with Crippen LogP contribution in [0.15, 0.2) is 59.3 Å². The average Bonchev–Trinajstić information content (AvgIpc) is 3.05. The molecule has 0 unspecified atom stereocenters. The predicted octanol–water partition coefficient (Wildman–Crippen LogP) is 3.91. The maximum atomic E-state index is 13.4. The summed E-state index contributed by atoms with van der Waals surface area (Å²) in [7, 11) is 0. The highest BCUT2D eigenvalue weighted by Crippen LogP contribution is 2.32. The second-order valence-corrected chi connectivity index (χ2v) is 4.35. The van der Waals surface area contributed by atoms with Crippen molar-refractivity contribution in [2.24, 2.45) is 0 Å². The molecule has 0 aliphatic carbocycles. The van der Waals surface area contributed by atoms with E-state index in [1.54, 1.807) is 16.9 Å². The third-order valence-electron chi connectivity index (χ3n) is 3.19. The first-order valence-corrected chi connectivity index (χ1v) is 5.94. The molecule has 0 saturated carbocycles. The lowest BCUT2D eigenvalue weighted by Crippen LogP contribution is -1.93. The van der Waals surface area contributed by atoms with Crippen LogP contribution in [0.2, 0.25) is 0 Å². The first-order valence-electron chi connectivity index (χ1n) is 5.94. The molecule has 0 N–H and O–H groups in total. The molecule has 0 spiro atoms. The number of halogens is 1. The quantitative estimate of drug-likeness (QED) is 0.514. The first kappa shape index (κ1) is 10.3. The Labute approximate surface area is 107 Å². The van der Waals surface area contributed by atoms with E-state index in [2.05, 4.69) is 5.10 Å². The van der Waals surface area contributed by atoms with Crippen molar-refractivity contribution in [2.75, 3.05) is 0 Å². The number of fused-ring (bicyclic) bond motifs is 3. The van der Waals surface area contributed by atoms with Crippen molar-refractivity contribution in [1.29, 1.82) is 0 Å². The van der Waals surface area contributed by atoms with E-state index in [9.17, 15) is 4.39 Å². The maximum Gasteiger partial charge on any atom is 0.161 e. The lowest BCUT2D eigenvalue weighted by atomic mass is 10.1. The fourth-order valence-electron chi connectivity index (χ4n) is 2.35. The molecule has 0 bridgehead atoms. The molecule has 0 atom stereocenters. The highest BCUT2D eigenvalue weighted by molar-refractivity contribution is 6.07. The smallest absolute Gasteiger partial charge is 0.161 e.